The zero-order valence-electron chi connectivity index (χ0n) is 16.9. The predicted octanol–water partition coefficient (Wildman–Crippen LogP) is 3.07. The molecule has 2 aliphatic heterocycles. The lowest BCUT2D eigenvalue weighted by Crippen LogP contribution is -2.48. The first-order valence-corrected chi connectivity index (χ1v) is 9.98. The van der Waals surface area contributed by atoms with Crippen LogP contribution in [0.1, 0.15) is 16.7 Å². The molecule has 5 nitrogen and oxygen atoms in total. The van der Waals surface area contributed by atoms with Crippen LogP contribution in [-0.4, -0.2) is 55.0 Å². The Morgan fingerprint density at radius 2 is 1.70 bits per heavy atom. The summed E-state index contributed by atoms with van der Waals surface area (Å²) >= 11 is 0. The van der Waals surface area contributed by atoms with Crippen molar-refractivity contribution in [2.24, 2.45) is 0 Å². The number of carbonyl (C=O) groups is 1. The smallest absolute Gasteiger partial charge is 0.238 e. The molecule has 2 aliphatic rings. The molecule has 2 N–H and O–H groups in total. The van der Waals surface area contributed by atoms with Crippen molar-refractivity contribution in [3.63, 3.8) is 0 Å². The normalized spacial score (nSPS) is 16.7. The van der Waals surface area contributed by atoms with Crippen molar-refractivity contribution in [1.29, 1.82) is 0 Å². The molecule has 30 heavy (non-hydrogen) atoms. The molecule has 2 aromatic carbocycles. The van der Waals surface area contributed by atoms with Crippen LogP contribution in [0, 0.1) is 5.82 Å². The van der Waals surface area contributed by atoms with Crippen LogP contribution in [0.15, 0.2) is 42.5 Å². The molecule has 0 aliphatic carbocycles. The molecule has 8 heteroatoms. The molecule has 2 heterocycles. The molecular weight excluding hydrogens is 426 g/mol. The van der Waals surface area contributed by atoms with Crippen LogP contribution < -0.4 is 10.6 Å². The minimum absolute atomic E-state index is 0. The van der Waals surface area contributed by atoms with Gasteiger partial charge in [-0.25, -0.2) is 4.39 Å². The minimum Gasteiger partial charge on any atom is -0.322 e. The number of nitrogens with zero attached hydrogens (tertiary/aromatic N) is 2. The number of fused-ring (bicyclic) bond motifs is 1. The highest BCUT2D eigenvalue weighted by atomic mass is 35.5. The number of hydrogen-bond donors (Lipinski definition) is 2. The highest BCUT2D eigenvalue weighted by Crippen LogP contribution is 2.24. The summed E-state index contributed by atoms with van der Waals surface area (Å²) in [7, 11) is 0. The van der Waals surface area contributed by atoms with E-state index in [2.05, 4.69) is 44.7 Å². The van der Waals surface area contributed by atoms with Crippen molar-refractivity contribution < 1.29 is 9.18 Å². The standard InChI is InChI=1S/C22H27FN4O.2ClH/c23-22-19-8-9-24-14-18(19)6-7-20(22)25-21(28)16-27-12-10-26(11-13-27)15-17-4-2-1-3-5-17;;/h1-7,24H,8-16H2,(H,25,28);2*1H. The van der Waals surface area contributed by atoms with Gasteiger partial charge >= 0.3 is 0 Å². The van der Waals surface area contributed by atoms with E-state index in [9.17, 15) is 9.18 Å². The van der Waals surface area contributed by atoms with Gasteiger partial charge in [-0.1, -0.05) is 36.4 Å². The van der Waals surface area contributed by atoms with E-state index in [1.54, 1.807) is 6.07 Å². The molecule has 4 rings (SSSR count). The predicted molar refractivity (Wildman–Crippen MR) is 123 cm³/mol. The fourth-order valence-electron chi connectivity index (χ4n) is 3.97. The second-order valence-electron chi connectivity index (χ2n) is 7.58. The van der Waals surface area contributed by atoms with E-state index >= 15 is 0 Å². The van der Waals surface area contributed by atoms with Crippen LogP contribution in [0.4, 0.5) is 10.1 Å². The van der Waals surface area contributed by atoms with Gasteiger partial charge in [0.25, 0.3) is 0 Å². The summed E-state index contributed by atoms with van der Waals surface area (Å²) in [5, 5.41) is 6.01. The van der Waals surface area contributed by atoms with Gasteiger partial charge < -0.3 is 10.6 Å². The first-order chi connectivity index (χ1) is 13.7. The molecule has 1 amide bonds. The molecule has 0 spiro atoms. The third-order valence-corrected chi connectivity index (χ3v) is 5.56. The number of hydrogen-bond acceptors (Lipinski definition) is 4. The molecule has 1 fully saturated rings. The second-order valence-corrected chi connectivity index (χ2v) is 7.58. The van der Waals surface area contributed by atoms with E-state index < -0.39 is 0 Å². The van der Waals surface area contributed by atoms with Gasteiger partial charge in [-0.15, -0.1) is 24.8 Å². The maximum atomic E-state index is 14.7. The lowest BCUT2D eigenvalue weighted by molar-refractivity contribution is -0.117. The molecule has 164 valence electrons. The van der Waals surface area contributed by atoms with E-state index in [1.165, 1.54) is 5.56 Å². The van der Waals surface area contributed by atoms with Gasteiger partial charge in [-0.2, -0.15) is 0 Å². The van der Waals surface area contributed by atoms with Crippen molar-refractivity contribution in [1.82, 2.24) is 15.1 Å². The van der Waals surface area contributed by atoms with Crippen molar-refractivity contribution >= 4 is 36.4 Å². The Hall–Kier alpha value is -1.70. The van der Waals surface area contributed by atoms with Crippen LogP contribution in [0.5, 0.6) is 0 Å². The minimum atomic E-state index is -0.278. The average molecular weight is 455 g/mol. The maximum absolute atomic E-state index is 14.7. The van der Waals surface area contributed by atoms with Crippen molar-refractivity contribution in [2.75, 3.05) is 44.6 Å². The summed E-state index contributed by atoms with van der Waals surface area (Å²) < 4.78 is 14.7. The number of halogens is 3. The number of rotatable bonds is 5. The van der Waals surface area contributed by atoms with Gasteiger partial charge in [0.05, 0.1) is 12.2 Å². The van der Waals surface area contributed by atoms with Crippen LogP contribution in [0.3, 0.4) is 0 Å². The number of anilines is 1. The first-order valence-electron chi connectivity index (χ1n) is 9.98. The second kappa shape index (κ2) is 11.6. The molecular formula is C22H29Cl2FN4O. The van der Waals surface area contributed by atoms with Crippen LogP contribution >= 0.6 is 24.8 Å². The summed E-state index contributed by atoms with van der Waals surface area (Å²) in [5.41, 5.74) is 3.32. The molecule has 0 radical (unpaired) electrons. The van der Waals surface area contributed by atoms with Gasteiger partial charge in [0.2, 0.25) is 5.91 Å². The van der Waals surface area contributed by atoms with E-state index in [0.29, 0.717) is 25.2 Å². The lowest BCUT2D eigenvalue weighted by atomic mass is 9.99. The van der Waals surface area contributed by atoms with Crippen molar-refractivity contribution in [3.05, 3.63) is 65.0 Å². The number of piperazine rings is 1. The summed E-state index contributed by atoms with van der Waals surface area (Å²) in [6.45, 7) is 6.26. The third-order valence-electron chi connectivity index (χ3n) is 5.56. The van der Waals surface area contributed by atoms with E-state index in [1.807, 2.05) is 12.1 Å². The van der Waals surface area contributed by atoms with Gasteiger partial charge in [0, 0.05) is 39.3 Å². The topological polar surface area (TPSA) is 47.6 Å². The highest BCUT2D eigenvalue weighted by molar-refractivity contribution is 5.92. The van der Waals surface area contributed by atoms with Gasteiger partial charge in [0.1, 0.15) is 5.82 Å². The summed E-state index contributed by atoms with van der Waals surface area (Å²) in [5.74, 6) is -0.427. The lowest BCUT2D eigenvalue weighted by Gasteiger charge is -2.34. The van der Waals surface area contributed by atoms with E-state index in [4.69, 9.17) is 0 Å². The van der Waals surface area contributed by atoms with Crippen LogP contribution in [0.25, 0.3) is 0 Å². The first kappa shape index (κ1) is 24.6. The Morgan fingerprint density at radius 3 is 2.43 bits per heavy atom. The Balaban J connectivity index is 0.00000160. The summed E-state index contributed by atoms with van der Waals surface area (Å²) in [4.78, 5) is 17.0. The van der Waals surface area contributed by atoms with E-state index in [0.717, 1.165) is 50.4 Å². The van der Waals surface area contributed by atoms with Gasteiger partial charge in [-0.3, -0.25) is 14.6 Å². The molecule has 0 unspecified atom stereocenters. The molecule has 1 saturated heterocycles. The number of benzene rings is 2. The fourth-order valence-corrected chi connectivity index (χ4v) is 3.97. The van der Waals surface area contributed by atoms with E-state index in [-0.39, 0.29) is 36.5 Å². The maximum Gasteiger partial charge on any atom is 0.238 e. The molecule has 0 bridgehead atoms. The highest BCUT2D eigenvalue weighted by Gasteiger charge is 2.21. The van der Waals surface area contributed by atoms with Gasteiger partial charge in [-0.05, 0) is 35.7 Å². The van der Waals surface area contributed by atoms with Crippen LogP contribution in [0.2, 0.25) is 0 Å². The third kappa shape index (κ3) is 6.15. The quantitative estimate of drug-likeness (QED) is 0.728. The number of nitrogens with one attached hydrogen (secondary N) is 2. The Bertz CT molecular complexity index is 829. The molecule has 0 atom stereocenters. The molecule has 0 aromatic heterocycles. The summed E-state index contributed by atoms with van der Waals surface area (Å²) in [6.07, 6.45) is 0.661. The Kier molecular flexibility index (Phi) is 9.52. The van der Waals surface area contributed by atoms with Crippen molar-refractivity contribution in [2.45, 2.75) is 19.5 Å². The Labute approximate surface area is 189 Å². The SMILES string of the molecule is Cl.Cl.O=C(CN1CCN(Cc2ccccc2)CC1)Nc1ccc2c(c1F)CCNC2. The molecule has 0 saturated carbocycles. The largest absolute Gasteiger partial charge is 0.322 e. The van der Waals surface area contributed by atoms with Crippen molar-refractivity contribution in [3.8, 4) is 0 Å². The van der Waals surface area contributed by atoms with Crippen LogP contribution in [-0.2, 0) is 24.3 Å². The fraction of sp³-hybridized carbons (Fsp3) is 0.409. The number of carbonyl (C=O) groups excluding carboxylic acids is 1. The zero-order chi connectivity index (χ0) is 19.3. The number of amides is 1. The zero-order valence-corrected chi connectivity index (χ0v) is 18.5. The molecule has 2 aromatic rings. The Morgan fingerprint density at radius 1 is 1.00 bits per heavy atom. The average Bonchev–Trinajstić information content (AvgIpc) is 2.72. The monoisotopic (exact) mass is 454 g/mol. The summed E-state index contributed by atoms with van der Waals surface area (Å²) in [6, 6.07) is 14.0. The van der Waals surface area contributed by atoms with Gasteiger partial charge in [0.15, 0.2) is 0 Å².